The number of carbonyl (C=O) groups excluding carboxylic acids is 1. The lowest BCUT2D eigenvalue weighted by molar-refractivity contribution is -0.143. The van der Waals surface area contributed by atoms with Crippen LogP contribution in [0.15, 0.2) is 36.7 Å². The fraction of sp³-hybridized carbons (Fsp3) is 0.286. The summed E-state index contributed by atoms with van der Waals surface area (Å²) in [7, 11) is 1.04. The first-order valence-corrected chi connectivity index (χ1v) is 9.88. The van der Waals surface area contributed by atoms with Gasteiger partial charge in [-0.3, -0.25) is 4.79 Å². The normalized spacial score (nSPS) is 13.1. The Labute approximate surface area is 202 Å². The molecule has 0 saturated heterocycles. The summed E-state index contributed by atoms with van der Waals surface area (Å²) in [5.74, 6) is 0.339. The number of hydrogen-bond donors (Lipinski definition) is 0. The van der Waals surface area contributed by atoms with Crippen molar-refractivity contribution >= 4 is 5.91 Å². The number of carbonyl (C=O) groups is 1. The van der Waals surface area contributed by atoms with Crippen molar-refractivity contribution in [2.24, 2.45) is 0 Å². The van der Waals surface area contributed by atoms with Crippen LogP contribution >= 0.6 is 0 Å². The molecule has 0 aliphatic rings. The Morgan fingerprint density at radius 1 is 0.946 bits per heavy atom. The number of benzene rings is 1. The summed E-state index contributed by atoms with van der Waals surface area (Å²) in [4.78, 5) is 25.1. The Morgan fingerprint density at radius 2 is 1.49 bits per heavy atom. The Kier molecular flexibility index (Phi) is 7.20. The molecule has 0 bridgehead atoms. The van der Waals surface area contributed by atoms with Gasteiger partial charge in [-0.2, -0.15) is 44.2 Å². The third kappa shape index (κ3) is 6.54. The van der Waals surface area contributed by atoms with Gasteiger partial charge in [0.05, 0.1) is 17.2 Å². The number of halogens is 9. The van der Waals surface area contributed by atoms with Crippen molar-refractivity contribution in [3.63, 3.8) is 0 Å². The lowest BCUT2D eigenvalue weighted by Gasteiger charge is -2.23. The SMILES string of the molecule is CC(c1nc(C#CC(F)(F)F)n(-c2ncccn2)n1)N(C)C(=O)c1cc(C(F)(F)F)cc(C(F)(F)F)c1. The fourth-order valence-corrected chi connectivity index (χ4v) is 2.88. The molecule has 0 N–H and O–H groups in total. The number of nitrogens with zero attached hydrogens (tertiary/aromatic N) is 6. The van der Waals surface area contributed by atoms with Crippen molar-refractivity contribution in [2.45, 2.75) is 31.5 Å². The number of rotatable bonds is 4. The maximum absolute atomic E-state index is 13.2. The molecule has 1 unspecified atom stereocenters. The van der Waals surface area contributed by atoms with E-state index in [-0.39, 0.29) is 30.0 Å². The summed E-state index contributed by atoms with van der Waals surface area (Å²) in [6.07, 6.45) is -12.8. The van der Waals surface area contributed by atoms with Crippen molar-refractivity contribution in [1.29, 1.82) is 0 Å². The molecule has 7 nitrogen and oxygen atoms in total. The van der Waals surface area contributed by atoms with Crippen LogP contribution in [0.1, 0.15) is 46.1 Å². The van der Waals surface area contributed by atoms with Crippen molar-refractivity contribution in [1.82, 2.24) is 29.6 Å². The van der Waals surface area contributed by atoms with Gasteiger partial charge in [-0.1, -0.05) is 0 Å². The second kappa shape index (κ2) is 9.71. The number of aromatic nitrogens is 5. The van der Waals surface area contributed by atoms with Crippen LogP contribution in [0.3, 0.4) is 0 Å². The van der Waals surface area contributed by atoms with E-state index in [1.807, 2.05) is 0 Å². The highest BCUT2D eigenvalue weighted by molar-refractivity contribution is 5.94. The van der Waals surface area contributed by atoms with Crippen LogP contribution < -0.4 is 0 Å². The minimum atomic E-state index is -5.18. The molecule has 37 heavy (non-hydrogen) atoms. The molecule has 0 fully saturated rings. The summed E-state index contributed by atoms with van der Waals surface area (Å²) < 4.78 is 118. The van der Waals surface area contributed by atoms with Gasteiger partial charge in [0.1, 0.15) is 0 Å². The number of alkyl halides is 9. The molecule has 196 valence electrons. The first kappa shape index (κ1) is 27.4. The average molecular weight is 536 g/mol. The third-order valence-electron chi connectivity index (χ3n) is 4.79. The minimum Gasteiger partial charge on any atom is -0.332 e. The smallest absolute Gasteiger partial charge is 0.332 e. The number of hydrogen-bond acceptors (Lipinski definition) is 5. The fourth-order valence-electron chi connectivity index (χ4n) is 2.88. The molecule has 0 aliphatic heterocycles. The standard InChI is InChI=1S/C21H13F9N6O/c1-11(16-33-15(4-5-19(22,23)24)36(34-16)18-31-6-3-7-32-18)35(2)17(37)12-8-13(20(25,26)27)10-14(9-12)21(28,29)30/h3,6-11H,1-2H3. The molecule has 0 aliphatic carbocycles. The lowest BCUT2D eigenvalue weighted by Crippen LogP contribution is -2.31. The highest BCUT2D eigenvalue weighted by Gasteiger charge is 2.38. The molecular formula is C21H13F9N6O. The van der Waals surface area contributed by atoms with E-state index in [4.69, 9.17) is 0 Å². The zero-order chi connectivity index (χ0) is 27.8. The summed E-state index contributed by atoms with van der Waals surface area (Å²) in [6, 6.07) is 0.541. The van der Waals surface area contributed by atoms with Crippen molar-refractivity contribution in [3.05, 3.63) is 65.0 Å². The van der Waals surface area contributed by atoms with E-state index in [2.05, 4.69) is 20.1 Å². The molecule has 0 spiro atoms. The number of amides is 1. The summed E-state index contributed by atoms with van der Waals surface area (Å²) >= 11 is 0. The quantitative estimate of drug-likeness (QED) is 0.353. The van der Waals surface area contributed by atoms with Gasteiger partial charge in [0.25, 0.3) is 11.9 Å². The minimum absolute atomic E-state index is 0.130. The Morgan fingerprint density at radius 3 is 1.97 bits per heavy atom. The molecule has 16 heteroatoms. The highest BCUT2D eigenvalue weighted by Crippen LogP contribution is 2.37. The van der Waals surface area contributed by atoms with Crippen LogP contribution in [0.2, 0.25) is 0 Å². The second-order valence-electron chi connectivity index (χ2n) is 7.39. The van der Waals surface area contributed by atoms with Gasteiger partial charge in [-0.05, 0) is 37.1 Å². The van der Waals surface area contributed by atoms with E-state index in [1.165, 1.54) is 25.4 Å². The Bertz CT molecular complexity index is 1320. The molecule has 2 heterocycles. The van der Waals surface area contributed by atoms with E-state index in [1.54, 1.807) is 5.92 Å². The highest BCUT2D eigenvalue weighted by atomic mass is 19.4. The zero-order valence-corrected chi connectivity index (χ0v) is 18.5. The van der Waals surface area contributed by atoms with Crippen LogP contribution in [0, 0.1) is 11.8 Å². The van der Waals surface area contributed by atoms with Gasteiger partial charge in [-0.15, -0.1) is 5.10 Å². The van der Waals surface area contributed by atoms with E-state index in [0.29, 0.717) is 0 Å². The van der Waals surface area contributed by atoms with E-state index in [0.717, 1.165) is 22.5 Å². The maximum Gasteiger partial charge on any atom is 0.458 e. The summed E-state index contributed by atoms with van der Waals surface area (Å²) in [5.41, 5.74) is -4.32. The van der Waals surface area contributed by atoms with Gasteiger partial charge in [0.2, 0.25) is 5.82 Å². The topological polar surface area (TPSA) is 76.8 Å². The van der Waals surface area contributed by atoms with Crippen LogP contribution in [0.25, 0.3) is 5.95 Å². The van der Waals surface area contributed by atoms with Crippen LogP contribution in [0.5, 0.6) is 0 Å². The van der Waals surface area contributed by atoms with E-state index >= 15 is 0 Å². The average Bonchev–Trinajstić information content (AvgIpc) is 3.24. The van der Waals surface area contributed by atoms with Gasteiger partial charge < -0.3 is 4.90 Å². The molecule has 1 atom stereocenters. The van der Waals surface area contributed by atoms with Gasteiger partial charge in [0.15, 0.2) is 5.82 Å². The van der Waals surface area contributed by atoms with Crippen molar-refractivity contribution < 1.29 is 44.3 Å². The van der Waals surface area contributed by atoms with Crippen LogP contribution in [-0.4, -0.2) is 48.8 Å². The predicted molar refractivity (Wildman–Crippen MR) is 107 cm³/mol. The maximum atomic E-state index is 13.2. The van der Waals surface area contributed by atoms with Gasteiger partial charge in [0, 0.05) is 30.9 Å². The first-order chi connectivity index (χ1) is 17.0. The molecule has 3 aromatic rings. The zero-order valence-electron chi connectivity index (χ0n) is 18.5. The van der Waals surface area contributed by atoms with Crippen molar-refractivity contribution in [3.8, 4) is 17.8 Å². The van der Waals surface area contributed by atoms with E-state index < -0.39 is 53.0 Å². The largest absolute Gasteiger partial charge is 0.458 e. The van der Waals surface area contributed by atoms with Gasteiger partial charge >= 0.3 is 18.5 Å². The van der Waals surface area contributed by atoms with E-state index in [9.17, 15) is 44.3 Å². The van der Waals surface area contributed by atoms with Crippen LogP contribution in [-0.2, 0) is 12.4 Å². The first-order valence-electron chi connectivity index (χ1n) is 9.88. The second-order valence-corrected chi connectivity index (χ2v) is 7.39. The molecule has 0 radical (unpaired) electrons. The molecule has 3 rings (SSSR count). The third-order valence-corrected chi connectivity index (χ3v) is 4.79. The monoisotopic (exact) mass is 536 g/mol. The molecular weight excluding hydrogens is 523 g/mol. The molecule has 2 aromatic heterocycles. The molecule has 0 saturated carbocycles. The lowest BCUT2D eigenvalue weighted by atomic mass is 10.0. The van der Waals surface area contributed by atoms with Crippen LogP contribution in [0.4, 0.5) is 39.5 Å². The molecule has 1 amide bonds. The van der Waals surface area contributed by atoms with Crippen molar-refractivity contribution in [2.75, 3.05) is 7.05 Å². The summed E-state index contributed by atoms with van der Waals surface area (Å²) in [6.45, 7) is 1.25. The Balaban J connectivity index is 2.03. The molecule has 1 aromatic carbocycles. The summed E-state index contributed by atoms with van der Waals surface area (Å²) in [5, 5.41) is 3.95. The predicted octanol–water partition coefficient (Wildman–Crippen LogP) is 4.84. The Hall–Kier alpha value is -4.16. The van der Waals surface area contributed by atoms with Gasteiger partial charge in [-0.25, -0.2) is 15.0 Å².